The summed E-state index contributed by atoms with van der Waals surface area (Å²) in [6, 6.07) is 17.3. The minimum atomic E-state index is 0.217. The average Bonchev–Trinajstić information content (AvgIpc) is 3.31. The third-order valence-corrected chi connectivity index (χ3v) is 6.11. The third kappa shape index (κ3) is 5.34. The van der Waals surface area contributed by atoms with E-state index in [9.17, 15) is 5.11 Å². The minimum absolute atomic E-state index is 0.217. The van der Waals surface area contributed by atoms with Crippen molar-refractivity contribution >= 4 is 0 Å². The Morgan fingerprint density at radius 1 is 1.06 bits per heavy atom. The molecule has 1 atom stereocenters. The van der Waals surface area contributed by atoms with Crippen LogP contribution in [0.25, 0.3) is 5.69 Å². The van der Waals surface area contributed by atoms with Crippen LogP contribution >= 0.6 is 0 Å². The number of rotatable bonds is 8. The maximum Gasteiger partial charge on any atom is 0.121 e. The molecule has 4 rings (SSSR count). The smallest absolute Gasteiger partial charge is 0.121 e. The summed E-state index contributed by atoms with van der Waals surface area (Å²) < 4.78 is 7.27. The van der Waals surface area contributed by atoms with Crippen LogP contribution in [0.5, 0.6) is 5.75 Å². The van der Waals surface area contributed by atoms with Gasteiger partial charge in [-0.3, -0.25) is 9.80 Å². The Morgan fingerprint density at radius 2 is 1.87 bits per heavy atom. The number of ether oxygens (including phenoxy) is 1. The van der Waals surface area contributed by atoms with E-state index in [4.69, 9.17) is 4.74 Å². The van der Waals surface area contributed by atoms with Gasteiger partial charge in [0.15, 0.2) is 0 Å². The first-order valence-corrected chi connectivity index (χ1v) is 11.0. The zero-order valence-corrected chi connectivity index (χ0v) is 18.4. The molecule has 0 saturated carbocycles. The molecule has 2 aromatic carbocycles. The molecule has 2 heterocycles. The van der Waals surface area contributed by atoms with Crippen LogP contribution in [0.1, 0.15) is 23.1 Å². The maximum absolute atomic E-state index is 9.64. The van der Waals surface area contributed by atoms with E-state index in [0.717, 1.165) is 56.1 Å². The lowest BCUT2D eigenvalue weighted by atomic mass is 10.0. The van der Waals surface area contributed by atoms with Crippen LogP contribution in [-0.2, 0) is 13.1 Å². The van der Waals surface area contributed by atoms with Gasteiger partial charge in [-0.15, -0.1) is 0 Å². The monoisotopic (exact) mass is 420 g/mol. The first kappa shape index (κ1) is 21.6. The molecule has 6 nitrogen and oxygen atoms in total. The third-order valence-electron chi connectivity index (χ3n) is 6.11. The fraction of sp³-hybridized carbons (Fsp3) is 0.400. The molecule has 0 aliphatic carbocycles. The van der Waals surface area contributed by atoms with Gasteiger partial charge in [0.2, 0.25) is 0 Å². The normalized spacial score (nSPS) is 17.7. The first-order valence-electron chi connectivity index (χ1n) is 11.0. The molecule has 0 spiro atoms. The Kier molecular flexibility index (Phi) is 7.02. The van der Waals surface area contributed by atoms with Gasteiger partial charge in [-0.2, -0.15) is 5.10 Å². The molecule has 31 heavy (non-hydrogen) atoms. The van der Waals surface area contributed by atoms with Gasteiger partial charge in [-0.1, -0.05) is 24.3 Å². The van der Waals surface area contributed by atoms with Crippen LogP contribution < -0.4 is 4.74 Å². The lowest BCUT2D eigenvalue weighted by molar-refractivity contribution is 0.0499. The summed E-state index contributed by atoms with van der Waals surface area (Å²) in [4.78, 5) is 5.01. The number of methoxy groups -OCH3 is 1. The number of benzene rings is 2. The summed E-state index contributed by atoms with van der Waals surface area (Å²) in [5.74, 6) is 0.930. The zero-order chi connectivity index (χ0) is 21.6. The van der Waals surface area contributed by atoms with Crippen molar-refractivity contribution in [3.63, 3.8) is 0 Å². The van der Waals surface area contributed by atoms with Crippen molar-refractivity contribution in [3.8, 4) is 11.4 Å². The number of hydrogen-bond donors (Lipinski definition) is 1. The van der Waals surface area contributed by atoms with Gasteiger partial charge >= 0.3 is 0 Å². The van der Waals surface area contributed by atoms with Crippen molar-refractivity contribution < 1.29 is 9.84 Å². The Morgan fingerprint density at radius 3 is 2.55 bits per heavy atom. The molecule has 1 fully saturated rings. The summed E-state index contributed by atoms with van der Waals surface area (Å²) in [6.07, 6.45) is 4.55. The van der Waals surface area contributed by atoms with E-state index in [0.29, 0.717) is 6.04 Å². The Hall–Kier alpha value is -2.67. The number of aliphatic hydroxyl groups is 1. The minimum Gasteiger partial charge on any atom is -0.496 e. The number of aryl methyl sites for hydroxylation is 1. The second-order valence-electron chi connectivity index (χ2n) is 8.29. The second kappa shape index (κ2) is 10.1. The summed E-state index contributed by atoms with van der Waals surface area (Å²) in [5, 5.41) is 13.9. The molecule has 1 aromatic heterocycles. The second-order valence-corrected chi connectivity index (χ2v) is 8.29. The number of aliphatic hydroxyl groups excluding tert-OH is 1. The molecular formula is C25H32N4O2. The molecule has 1 saturated heterocycles. The van der Waals surface area contributed by atoms with Crippen molar-refractivity contribution in [1.29, 1.82) is 0 Å². The van der Waals surface area contributed by atoms with Gasteiger partial charge in [0.1, 0.15) is 5.75 Å². The molecular weight excluding hydrogens is 388 g/mol. The summed E-state index contributed by atoms with van der Waals surface area (Å²) >= 11 is 0. The van der Waals surface area contributed by atoms with Crippen LogP contribution in [0.15, 0.2) is 60.9 Å². The van der Waals surface area contributed by atoms with Gasteiger partial charge in [0.25, 0.3) is 0 Å². The molecule has 0 radical (unpaired) electrons. The van der Waals surface area contributed by atoms with Gasteiger partial charge in [-0.25, -0.2) is 4.68 Å². The van der Waals surface area contributed by atoms with Crippen molar-refractivity contribution in [3.05, 3.63) is 77.6 Å². The van der Waals surface area contributed by atoms with Crippen molar-refractivity contribution in [2.75, 3.05) is 33.4 Å². The summed E-state index contributed by atoms with van der Waals surface area (Å²) in [6.45, 7) is 7.13. The molecule has 0 unspecified atom stereocenters. The highest BCUT2D eigenvalue weighted by Gasteiger charge is 2.26. The van der Waals surface area contributed by atoms with E-state index >= 15 is 0 Å². The van der Waals surface area contributed by atoms with Gasteiger partial charge < -0.3 is 9.84 Å². The fourth-order valence-corrected chi connectivity index (χ4v) is 4.44. The molecule has 6 heteroatoms. The largest absolute Gasteiger partial charge is 0.496 e. The van der Waals surface area contributed by atoms with Crippen LogP contribution in [0.4, 0.5) is 0 Å². The maximum atomic E-state index is 9.64. The molecule has 0 amide bonds. The van der Waals surface area contributed by atoms with Crippen molar-refractivity contribution in [2.45, 2.75) is 32.5 Å². The SMILES string of the molecule is COc1ccc(CN2CCN(Cc3ccc(-n4cccn4)cc3)C[C@H]2CCO)cc1C. The Bertz CT molecular complexity index is 956. The lowest BCUT2D eigenvalue weighted by Gasteiger charge is -2.41. The molecule has 3 aromatic rings. The highest BCUT2D eigenvalue weighted by Crippen LogP contribution is 2.23. The predicted octanol–water partition coefficient (Wildman–Crippen LogP) is 3.26. The molecule has 1 N–H and O–H groups in total. The molecule has 1 aliphatic heterocycles. The zero-order valence-electron chi connectivity index (χ0n) is 18.4. The first-order chi connectivity index (χ1) is 15.2. The number of aromatic nitrogens is 2. The van der Waals surface area contributed by atoms with E-state index in [1.165, 1.54) is 11.1 Å². The van der Waals surface area contributed by atoms with Crippen molar-refractivity contribution in [2.24, 2.45) is 0 Å². The van der Waals surface area contributed by atoms with E-state index in [1.807, 2.05) is 16.9 Å². The topological polar surface area (TPSA) is 53.8 Å². The van der Waals surface area contributed by atoms with E-state index in [-0.39, 0.29) is 6.61 Å². The van der Waals surface area contributed by atoms with Gasteiger partial charge in [0, 0.05) is 57.8 Å². The number of piperazine rings is 1. The quantitative estimate of drug-likeness (QED) is 0.606. The summed E-state index contributed by atoms with van der Waals surface area (Å²) in [5.41, 5.74) is 4.84. The highest BCUT2D eigenvalue weighted by molar-refractivity contribution is 5.36. The summed E-state index contributed by atoms with van der Waals surface area (Å²) in [7, 11) is 1.71. The average molecular weight is 421 g/mol. The van der Waals surface area contributed by atoms with E-state index in [1.54, 1.807) is 13.3 Å². The number of hydrogen-bond acceptors (Lipinski definition) is 5. The number of nitrogens with zero attached hydrogens (tertiary/aromatic N) is 4. The van der Waals surface area contributed by atoms with Crippen LogP contribution in [0, 0.1) is 6.92 Å². The Balaban J connectivity index is 1.37. The van der Waals surface area contributed by atoms with Gasteiger partial charge in [-0.05, 0) is 54.3 Å². The van der Waals surface area contributed by atoms with Crippen LogP contribution in [0.2, 0.25) is 0 Å². The highest BCUT2D eigenvalue weighted by atomic mass is 16.5. The predicted molar refractivity (Wildman–Crippen MR) is 122 cm³/mol. The Labute approximate surface area is 184 Å². The van der Waals surface area contributed by atoms with E-state index in [2.05, 4.69) is 64.3 Å². The molecule has 164 valence electrons. The van der Waals surface area contributed by atoms with E-state index < -0.39 is 0 Å². The van der Waals surface area contributed by atoms with Crippen LogP contribution in [-0.4, -0.2) is 64.1 Å². The molecule has 1 aliphatic rings. The van der Waals surface area contributed by atoms with Crippen molar-refractivity contribution in [1.82, 2.24) is 19.6 Å². The van der Waals surface area contributed by atoms with Gasteiger partial charge in [0.05, 0.1) is 12.8 Å². The standard InChI is InChI=1S/C25H32N4O2/c1-20-16-22(6-9-25(20)31-2)18-28-14-13-27(19-24(28)10-15-30)17-21-4-7-23(8-5-21)29-12-3-11-26-29/h3-9,11-12,16,24,30H,10,13-15,17-19H2,1-2H3/t24-/m1/s1. The fourth-order valence-electron chi connectivity index (χ4n) is 4.44. The van der Waals surface area contributed by atoms with Crippen LogP contribution in [0.3, 0.4) is 0 Å². The molecule has 0 bridgehead atoms. The lowest BCUT2D eigenvalue weighted by Crippen LogP contribution is -2.52.